The van der Waals surface area contributed by atoms with Gasteiger partial charge in [-0.1, -0.05) is 48.0 Å². The zero-order chi connectivity index (χ0) is 18.5. The van der Waals surface area contributed by atoms with Gasteiger partial charge < -0.3 is 4.74 Å². The van der Waals surface area contributed by atoms with Crippen LogP contribution in [0.3, 0.4) is 0 Å². The first-order valence-corrected chi connectivity index (χ1v) is 9.12. The highest BCUT2D eigenvalue weighted by Gasteiger charge is 2.20. The van der Waals surface area contributed by atoms with E-state index in [1.165, 1.54) is 17.7 Å². The second kappa shape index (κ2) is 8.63. The Morgan fingerprint density at radius 1 is 0.962 bits per heavy atom. The van der Waals surface area contributed by atoms with Crippen LogP contribution in [0.2, 0.25) is 0 Å². The second-order valence-corrected chi connectivity index (χ2v) is 6.83. The summed E-state index contributed by atoms with van der Waals surface area (Å²) in [6.45, 7) is -3.04. The van der Waals surface area contributed by atoms with Gasteiger partial charge in [0, 0.05) is 5.54 Å². The Labute approximate surface area is 156 Å². The van der Waals surface area contributed by atoms with E-state index in [4.69, 9.17) is 11.6 Å². The molecular formula is C21H20ClF3O. The quantitative estimate of drug-likeness (QED) is 0.536. The van der Waals surface area contributed by atoms with Crippen LogP contribution in [-0.2, 0) is 0 Å². The van der Waals surface area contributed by atoms with E-state index in [0.717, 1.165) is 31.2 Å². The van der Waals surface area contributed by atoms with E-state index in [1.54, 1.807) is 11.6 Å². The van der Waals surface area contributed by atoms with Crippen LogP contribution in [0.15, 0.2) is 54.1 Å². The molecule has 1 nitrogen and oxygen atoms in total. The van der Waals surface area contributed by atoms with E-state index in [9.17, 15) is 13.2 Å². The molecule has 0 unspecified atom stereocenters. The summed E-state index contributed by atoms with van der Waals surface area (Å²) in [6, 6.07) is 12.1. The fourth-order valence-electron chi connectivity index (χ4n) is 3.57. The number of halogens is 4. The molecule has 2 aromatic carbocycles. The van der Waals surface area contributed by atoms with Gasteiger partial charge in [0.2, 0.25) is 0 Å². The molecular weight excluding hydrogens is 361 g/mol. The molecule has 1 aliphatic carbocycles. The van der Waals surface area contributed by atoms with Gasteiger partial charge in [-0.3, -0.25) is 0 Å². The summed E-state index contributed by atoms with van der Waals surface area (Å²) < 4.78 is 42.5. The van der Waals surface area contributed by atoms with Gasteiger partial charge in [0.05, 0.1) is 0 Å². The number of hydrogen-bond donors (Lipinski definition) is 0. The Morgan fingerprint density at radius 3 is 2.19 bits per heavy atom. The van der Waals surface area contributed by atoms with Crippen LogP contribution in [0, 0.1) is 11.7 Å². The molecule has 0 N–H and O–H groups in total. The van der Waals surface area contributed by atoms with Crippen LogP contribution in [0.5, 0.6) is 5.75 Å². The maximum atomic E-state index is 13.9. The Balaban J connectivity index is 1.69. The molecule has 26 heavy (non-hydrogen) atoms. The normalized spacial score (nSPS) is 20.7. The average Bonchev–Trinajstić information content (AvgIpc) is 2.64. The van der Waals surface area contributed by atoms with Crippen molar-refractivity contribution in [3.63, 3.8) is 0 Å². The van der Waals surface area contributed by atoms with E-state index < -0.39 is 18.2 Å². The molecule has 1 saturated carbocycles. The van der Waals surface area contributed by atoms with Crippen molar-refractivity contribution in [2.75, 3.05) is 0 Å². The second-order valence-electron chi connectivity index (χ2n) is 6.58. The van der Waals surface area contributed by atoms with Gasteiger partial charge in [-0.2, -0.15) is 8.78 Å². The summed E-state index contributed by atoms with van der Waals surface area (Å²) in [7, 11) is 0. The molecule has 5 heteroatoms. The first-order valence-electron chi connectivity index (χ1n) is 8.68. The Morgan fingerprint density at radius 2 is 1.62 bits per heavy atom. The van der Waals surface area contributed by atoms with Crippen molar-refractivity contribution < 1.29 is 17.9 Å². The maximum Gasteiger partial charge on any atom is 0.387 e. The van der Waals surface area contributed by atoms with Crippen LogP contribution in [0.4, 0.5) is 13.2 Å². The van der Waals surface area contributed by atoms with Crippen molar-refractivity contribution in [1.82, 2.24) is 0 Å². The van der Waals surface area contributed by atoms with E-state index in [0.29, 0.717) is 17.4 Å². The molecule has 0 heterocycles. The minimum atomic E-state index is -3.04. The molecule has 0 bridgehead atoms. The fraction of sp³-hybridized carbons (Fsp3) is 0.333. The lowest BCUT2D eigenvalue weighted by Gasteiger charge is -2.27. The lowest BCUT2D eigenvalue weighted by atomic mass is 9.78. The van der Waals surface area contributed by atoms with Crippen molar-refractivity contribution in [3.8, 4) is 16.9 Å². The number of ether oxygens (including phenoxy) is 1. The van der Waals surface area contributed by atoms with Gasteiger partial charge in [-0.05, 0) is 66.3 Å². The first kappa shape index (κ1) is 18.8. The molecule has 0 radical (unpaired) electrons. The van der Waals surface area contributed by atoms with Crippen molar-refractivity contribution in [2.45, 2.75) is 38.2 Å². The highest BCUT2D eigenvalue weighted by Crippen LogP contribution is 2.37. The Bertz CT molecular complexity index is 750. The number of hydrogen-bond acceptors (Lipinski definition) is 1. The maximum absolute atomic E-state index is 13.9. The molecule has 1 fully saturated rings. The molecule has 0 amide bonds. The van der Waals surface area contributed by atoms with Gasteiger partial charge in [0.15, 0.2) is 11.6 Å². The SMILES string of the molecule is Fc1cc(-c2ccc([C@H]3CC[C@H](/C=C/Cl)CC3)cc2)ccc1OC(F)F. The van der Waals surface area contributed by atoms with Crippen LogP contribution < -0.4 is 4.74 Å². The predicted molar refractivity (Wildman–Crippen MR) is 98.2 cm³/mol. The highest BCUT2D eigenvalue weighted by molar-refractivity contribution is 6.25. The zero-order valence-electron chi connectivity index (χ0n) is 14.2. The Hall–Kier alpha value is -1.94. The molecule has 0 aliphatic heterocycles. The van der Waals surface area contributed by atoms with E-state index in [1.807, 2.05) is 12.1 Å². The number of allylic oxidation sites excluding steroid dienone is 1. The highest BCUT2D eigenvalue weighted by atomic mass is 35.5. The van der Waals surface area contributed by atoms with Gasteiger partial charge in [0.25, 0.3) is 0 Å². The van der Waals surface area contributed by atoms with Gasteiger partial charge in [0.1, 0.15) is 0 Å². The van der Waals surface area contributed by atoms with Gasteiger partial charge in [-0.15, -0.1) is 0 Å². The number of benzene rings is 2. The number of rotatable bonds is 5. The lowest BCUT2D eigenvalue weighted by Crippen LogP contribution is -2.11. The molecule has 1 aliphatic rings. The summed E-state index contributed by atoms with van der Waals surface area (Å²) in [5, 5.41) is 0. The third-order valence-electron chi connectivity index (χ3n) is 4.98. The summed E-state index contributed by atoms with van der Waals surface area (Å²) in [5.41, 5.74) is 4.36. The molecule has 0 aromatic heterocycles. The third-order valence-corrected chi connectivity index (χ3v) is 5.13. The van der Waals surface area contributed by atoms with E-state index >= 15 is 0 Å². The predicted octanol–water partition coefficient (Wildman–Crippen LogP) is 7.12. The molecule has 138 valence electrons. The fourth-order valence-corrected chi connectivity index (χ4v) is 3.77. The standard InChI is InChI=1S/C21H20ClF3O/c22-12-11-14-1-3-15(4-2-14)16-5-7-17(8-6-16)18-9-10-20(19(23)13-18)26-21(24)25/h5-15,21H,1-4H2/b12-11+/t14-,15-. The third kappa shape index (κ3) is 4.61. The lowest BCUT2D eigenvalue weighted by molar-refractivity contribution is -0.0521. The van der Waals surface area contributed by atoms with Crippen molar-refractivity contribution in [2.24, 2.45) is 5.92 Å². The summed E-state index contributed by atoms with van der Waals surface area (Å²) >= 11 is 5.66. The van der Waals surface area contributed by atoms with Crippen LogP contribution in [-0.4, -0.2) is 6.61 Å². The topological polar surface area (TPSA) is 9.23 Å². The minimum absolute atomic E-state index is 0.442. The summed E-state index contributed by atoms with van der Waals surface area (Å²) in [5.74, 6) is -0.136. The van der Waals surface area contributed by atoms with Crippen molar-refractivity contribution >= 4 is 11.6 Å². The molecule has 0 saturated heterocycles. The smallest absolute Gasteiger partial charge is 0.387 e. The zero-order valence-corrected chi connectivity index (χ0v) is 14.9. The van der Waals surface area contributed by atoms with Gasteiger partial charge >= 0.3 is 6.61 Å². The largest absolute Gasteiger partial charge is 0.432 e. The average molecular weight is 381 g/mol. The molecule has 2 aromatic rings. The number of alkyl halides is 2. The molecule has 0 spiro atoms. The van der Waals surface area contributed by atoms with Crippen LogP contribution in [0.25, 0.3) is 11.1 Å². The van der Waals surface area contributed by atoms with E-state index in [2.05, 4.69) is 22.9 Å². The monoisotopic (exact) mass is 380 g/mol. The summed E-state index contributed by atoms with van der Waals surface area (Å²) in [6.07, 6.45) is 6.58. The Kier molecular flexibility index (Phi) is 6.25. The van der Waals surface area contributed by atoms with Crippen LogP contribution >= 0.6 is 11.6 Å². The first-order chi connectivity index (χ1) is 12.6. The molecule has 3 rings (SSSR count). The van der Waals surface area contributed by atoms with Crippen molar-refractivity contribution in [3.05, 3.63) is 65.5 Å². The van der Waals surface area contributed by atoms with E-state index in [-0.39, 0.29) is 0 Å². The minimum Gasteiger partial charge on any atom is -0.432 e. The van der Waals surface area contributed by atoms with Crippen molar-refractivity contribution in [1.29, 1.82) is 0 Å². The van der Waals surface area contributed by atoms with Gasteiger partial charge in [-0.25, -0.2) is 4.39 Å². The van der Waals surface area contributed by atoms with Crippen LogP contribution in [0.1, 0.15) is 37.2 Å². The molecule has 0 atom stereocenters. The summed E-state index contributed by atoms with van der Waals surface area (Å²) in [4.78, 5) is 0.